The summed E-state index contributed by atoms with van der Waals surface area (Å²) in [5, 5.41) is -5.72. The van der Waals surface area contributed by atoms with Crippen molar-refractivity contribution >= 4 is 29.1 Å². The molecule has 0 unspecified atom stereocenters. The maximum absolute atomic E-state index is 14.0. The highest BCUT2D eigenvalue weighted by Gasteiger charge is 2.73. The van der Waals surface area contributed by atoms with Crippen LogP contribution in [0.2, 0.25) is 0 Å². The third-order valence-corrected chi connectivity index (χ3v) is 3.03. The first kappa shape index (κ1) is 22.4. The molecule has 0 amide bonds. The summed E-state index contributed by atoms with van der Waals surface area (Å²) in [6.07, 6.45) is -0.270. The van der Waals surface area contributed by atoms with Crippen LogP contribution in [0.4, 0.5) is 26.3 Å². The Morgan fingerprint density at radius 1 is 1.04 bits per heavy atom. The Bertz CT molecular complexity index is 539. The van der Waals surface area contributed by atoms with E-state index in [1.807, 2.05) is 0 Å². The summed E-state index contributed by atoms with van der Waals surface area (Å²) in [5.74, 6) is -18.9. The number of ketones is 2. The Balaban J connectivity index is 6.47. The minimum atomic E-state index is -6.19. The van der Waals surface area contributed by atoms with Crippen LogP contribution in [0.25, 0.3) is 0 Å². The number of ether oxygens (including phenoxy) is 1. The first-order valence-electron chi connectivity index (χ1n) is 6.33. The van der Waals surface area contributed by atoms with Crippen LogP contribution in [-0.2, 0) is 19.1 Å². The van der Waals surface area contributed by atoms with Crippen molar-refractivity contribution in [2.75, 3.05) is 6.61 Å². The van der Waals surface area contributed by atoms with Gasteiger partial charge < -0.3 is 4.74 Å². The summed E-state index contributed by atoms with van der Waals surface area (Å²) in [6.45, 7) is 2.08. The van der Waals surface area contributed by atoms with E-state index >= 15 is 0 Å². The van der Waals surface area contributed by atoms with E-state index < -0.39 is 46.3 Å². The van der Waals surface area contributed by atoms with Crippen molar-refractivity contribution < 1.29 is 45.5 Å². The summed E-state index contributed by atoms with van der Waals surface area (Å²) in [4.78, 5) is 34.1. The van der Waals surface area contributed by atoms with E-state index in [2.05, 4.69) is 16.3 Å². The number of hydrogen-bond acceptors (Lipinski definition) is 4. The lowest BCUT2D eigenvalue weighted by molar-refractivity contribution is -0.265. The smallest absolute Gasteiger partial charge is 0.390 e. The molecule has 138 valence electrons. The predicted molar refractivity (Wildman–Crippen MR) is 70.3 cm³/mol. The van der Waals surface area contributed by atoms with Crippen LogP contribution in [0.15, 0.2) is 11.6 Å². The van der Waals surface area contributed by atoms with Gasteiger partial charge in [-0.3, -0.25) is 9.59 Å². The topological polar surface area (TPSA) is 60.4 Å². The maximum atomic E-state index is 14.0. The number of alkyl halides is 7. The van der Waals surface area contributed by atoms with Gasteiger partial charge in [0.1, 0.15) is 17.5 Å². The predicted octanol–water partition coefficient (Wildman–Crippen LogP) is 3.37. The van der Waals surface area contributed by atoms with Crippen molar-refractivity contribution in [1.29, 1.82) is 0 Å². The molecule has 0 heterocycles. The molecule has 0 atom stereocenters. The van der Waals surface area contributed by atoms with Gasteiger partial charge in [0.25, 0.3) is 0 Å². The van der Waals surface area contributed by atoms with Crippen LogP contribution in [0.3, 0.4) is 0 Å². The van der Waals surface area contributed by atoms with E-state index in [-0.39, 0.29) is 12.7 Å². The fourth-order valence-electron chi connectivity index (χ4n) is 1.75. The third-order valence-electron chi connectivity index (χ3n) is 2.80. The lowest BCUT2D eigenvalue weighted by Gasteiger charge is -2.32. The van der Waals surface area contributed by atoms with E-state index in [9.17, 15) is 40.7 Å². The first-order valence-corrected chi connectivity index (χ1v) is 6.71. The monoisotopic (exact) mass is 382 g/mol. The van der Waals surface area contributed by atoms with E-state index in [1.165, 1.54) is 6.92 Å². The highest BCUT2D eigenvalue weighted by atomic mass is 35.5. The normalized spacial score (nSPS) is 13.9. The molecule has 0 radical (unpaired) electrons. The second kappa shape index (κ2) is 7.54. The highest BCUT2D eigenvalue weighted by Crippen LogP contribution is 2.52. The number of halogens is 7. The van der Waals surface area contributed by atoms with Crippen LogP contribution in [0, 0.1) is 5.92 Å². The van der Waals surface area contributed by atoms with Crippen LogP contribution in [0.1, 0.15) is 20.8 Å². The fraction of sp³-hybridized carbons (Fsp3) is 0.615. The Labute approximate surface area is 137 Å². The number of carbonyl (C=O) groups is 3. The quantitative estimate of drug-likeness (QED) is 0.212. The van der Waals surface area contributed by atoms with Gasteiger partial charge in [-0.25, -0.2) is 4.79 Å². The fourth-order valence-corrected chi connectivity index (χ4v) is 1.87. The number of carbonyl (C=O) groups excluding carboxylic acids is 3. The molecule has 0 aliphatic heterocycles. The molecular weight excluding hydrogens is 370 g/mol. The molecule has 24 heavy (non-hydrogen) atoms. The largest absolute Gasteiger partial charge is 0.463 e. The number of rotatable bonds is 8. The van der Waals surface area contributed by atoms with Crippen molar-refractivity contribution in [3.8, 4) is 0 Å². The summed E-state index contributed by atoms with van der Waals surface area (Å²) in [7, 11) is 0. The van der Waals surface area contributed by atoms with Crippen LogP contribution in [0.5, 0.6) is 0 Å². The molecule has 4 nitrogen and oxygen atoms in total. The van der Waals surface area contributed by atoms with E-state index in [4.69, 9.17) is 0 Å². The summed E-state index contributed by atoms with van der Waals surface area (Å²) in [6, 6.07) is 0. The minimum absolute atomic E-state index is 0.270. The molecule has 0 saturated carbocycles. The average molecular weight is 383 g/mol. The molecule has 0 aromatic heterocycles. The molecule has 0 fully saturated rings. The molecule has 0 aromatic carbocycles. The van der Waals surface area contributed by atoms with Gasteiger partial charge in [-0.05, 0) is 32.4 Å². The zero-order valence-corrected chi connectivity index (χ0v) is 13.4. The van der Waals surface area contributed by atoms with Gasteiger partial charge in [0.05, 0.1) is 6.61 Å². The molecule has 11 heteroatoms. The zero-order chi connectivity index (χ0) is 19.5. The zero-order valence-electron chi connectivity index (χ0n) is 12.6. The number of allylic oxidation sites excluding steroid dienone is 1. The van der Waals surface area contributed by atoms with Crippen LogP contribution >= 0.6 is 11.6 Å². The molecule has 0 rings (SSSR count). The third kappa shape index (κ3) is 4.49. The van der Waals surface area contributed by atoms with Crippen molar-refractivity contribution in [3.63, 3.8) is 0 Å². The van der Waals surface area contributed by atoms with E-state index in [0.717, 1.165) is 0 Å². The standard InChI is InChI=1S/C13H13ClF6O4/c1-4-24-9(23)5-8(10(6(2)21)7(3)22)11(15,16)12(17,18)13(14,19)20/h5,10H,4H2,1-3H3/b8-5+. The van der Waals surface area contributed by atoms with Crippen molar-refractivity contribution in [2.45, 2.75) is 38.0 Å². The van der Waals surface area contributed by atoms with Crippen molar-refractivity contribution in [2.24, 2.45) is 5.92 Å². The molecule has 0 aromatic rings. The minimum Gasteiger partial charge on any atom is -0.463 e. The van der Waals surface area contributed by atoms with Gasteiger partial charge in [-0.2, -0.15) is 26.3 Å². The van der Waals surface area contributed by atoms with E-state index in [0.29, 0.717) is 13.8 Å². The number of Topliss-reactive ketones (excluding diaryl/α,β-unsaturated/α-hetero) is 2. The van der Waals surface area contributed by atoms with E-state index in [1.54, 1.807) is 0 Å². The van der Waals surface area contributed by atoms with Gasteiger partial charge in [0.15, 0.2) is 0 Å². The summed E-state index contributed by atoms with van der Waals surface area (Å²) < 4.78 is 84.6. The Hall–Kier alpha value is -1.58. The lowest BCUT2D eigenvalue weighted by atomic mass is 9.84. The first-order chi connectivity index (χ1) is 10.6. The average Bonchev–Trinajstić information content (AvgIpc) is 2.35. The molecular formula is C13H13ClF6O4. The van der Waals surface area contributed by atoms with Crippen LogP contribution < -0.4 is 0 Å². The van der Waals surface area contributed by atoms with Crippen molar-refractivity contribution in [3.05, 3.63) is 11.6 Å². The molecule has 0 spiro atoms. The number of esters is 1. The van der Waals surface area contributed by atoms with Crippen molar-refractivity contribution in [1.82, 2.24) is 0 Å². The summed E-state index contributed by atoms with van der Waals surface area (Å²) in [5.41, 5.74) is -2.12. The van der Waals surface area contributed by atoms with Gasteiger partial charge in [0, 0.05) is 11.6 Å². The number of hydrogen-bond donors (Lipinski definition) is 0. The second-order valence-electron chi connectivity index (χ2n) is 4.65. The maximum Gasteiger partial charge on any atom is 0.390 e. The molecule has 0 aliphatic rings. The molecule has 0 saturated heterocycles. The molecule has 0 aliphatic carbocycles. The Kier molecular flexibility index (Phi) is 7.04. The van der Waals surface area contributed by atoms with Gasteiger partial charge in [-0.15, -0.1) is 0 Å². The Morgan fingerprint density at radius 3 is 1.75 bits per heavy atom. The van der Waals surface area contributed by atoms with Gasteiger partial charge >= 0.3 is 23.2 Å². The SMILES string of the molecule is CCOC(=O)/C=C(\C(C(C)=O)C(C)=O)C(F)(F)C(F)(F)C(F)(F)Cl. The lowest BCUT2D eigenvalue weighted by Crippen LogP contribution is -2.54. The molecule has 0 bridgehead atoms. The van der Waals surface area contributed by atoms with Crippen LogP contribution in [-0.4, -0.2) is 41.4 Å². The summed E-state index contributed by atoms with van der Waals surface area (Å²) >= 11 is 4.04. The van der Waals surface area contributed by atoms with Gasteiger partial charge in [0.2, 0.25) is 0 Å². The highest BCUT2D eigenvalue weighted by molar-refractivity contribution is 6.22. The second-order valence-corrected chi connectivity index (χ2v) is 5.13. The molecule has 0 N–H and O–H groups in total. The van der Waals surface area contributed by atoms with Gasteiger partial charge in [-0.1, -0.05) is 0 Å². The Morgan fingerprint density at radius 2 is 1.46 bits per heavy atom.